The van der Waals surface area contributed by atoms with Gasteiger partial charge in [-0.3, -0.25) is 4.99 Å². The lowest BCUT2D eigenvalue weighted by Crippen LogP contribution is -2.23. The number of rotatable bonds is 5. The highest BCUT2D eigenvalue weighted by atomic mass is 19.1. The largest absolute Gasteiger partial charge is 0.497 e. The summed E-state index contributed by atoms with van der Waals surface area (Å²) in [6.07, 6.45) is 2.55. The molecule has 2 aromatic rings. The molecule has 0 unspecified atom stereocenters. The lowest BCUT2D eigenvalue weighted by molar-refractivity contribution is -0.132. The summed E-state index contributed by atoms with van der Waals surface area (Å²) in [6, 6.07) is 14.3. The molecule has 1 heterocycles. The second-order valence-corrected chi connectivity index (χ2v) is 6.41. The highest BCUT2D eigenvalue weighted by Gasteiger charge is 2.14. The first-order chi connectivity index (χ1) is 13.8. The van der Waals surface area contributed by atoms with Crippen LogP contribution < -0.4 is 4.74 Å². The lowest BCUT2D eigenvalue weighted by Gasteiger charge is -2.25. The Morgan fingerprint density at radius 3 is 2.24 bits per heavy atom. The van der Waals surface area contributed by atoms with Gasteiger partial charge < -0.3 is 14.7 Å². The number of halogens is 1. The number of aliphatic imine (C=N–C) groups is 1. The molecule has 0 atom stereocenters. The van der Waals surface area contributed by atoms with E-state index in [0.29, 0.717) is 13.1 Å². The van der Waals surface area contributed by atoms with Gasteiger partial charge in [0.15, 0.2) is 0 Å². The van der Waals surface area contributed by atoms with Crippen molar-refractivity contribution in [2.45, 2.75) is 13.3 Å². The highest BCUT2D eigenvalue weighted by Crippen LogP contribution is 2.24. The monoisotopic (exact) mass is 396 g/mol. The van der Waals surface area contributed by atoms with Crippen LogP contribution in [0.25, 0.3) is 5.70 Å². The van der Waals surface area contributed by atoms with E-state index in [9.17, 15) is 9.18 Å². The van der Waals surface area contributed by atoms with Crippen LogP contribution in [-0.2, 0) is 4.79 Å². The van der Waals surface area contributed by atoms with E-state index in [2.05, 4.69) is 16.5 Å². The van der Waals surface area contributed by atoms with Crippen molar-refractivity contribution in [2.75, 3.05) is 20.8 Å². The van der Waals surface area contributed by atoms with Crippen LogP contribution in [0.3, 0.4) is 0 Å². The van der Waals surface area contributed by atoms with E-state index in [1.54, 1.807) is 26.2 Å². The minimum Gasteiger partial charge on any atom is -0.497 e. The van der Waals surface area contributed by atoms with Gasteiger partial charge in [0.05, 0.1) is 12.8 Å². The summed E-state index contributed by atoms with van der Waals surface area (Å²) in [5.41, 5.74) is 4.22. The summed E-state index contributed by atoms with van der Waals surface area (Å²) in [7, 11) is 3.65. The van der Waals surface area contributed by atoms with Crippen molar-refractivity contribution in [3.8, 4) is 5.75 Å². The number of nitrogens with zero attached hydrogens (tertiary/aromatic N) is 2. The molecule has 0 saturated heterocycles. The Morgan fingerprint density at radius 1 is 1.17 bits per heavy atom. The molecular weight excluding hydrogens is 371 g/mol. The average molecular weight is 396 g/mol. The number of carboxylic acids is 1. The molecule has 152 valence electrons. The third-order valence-electron chi connectivity index (χ3n) is 4.39. The molecule has 0 aliphatic carbocycles. The van der Waals surface area contributed by atoms with Gasteiger partial charge in [-0.25, -0.2) is 9.18 Å². The fourth-order valence-electron chi connectivity index (χ4n) is 2.56. The van der Waals surface area contributed by atoms with Gasteiger partial charge in [0.2, 0.25) is 0 Å². The number of carbonyl (C=O) groups is 1. The van der Waals surface area contributed by atoms with E-state index < -0.39 is 5.97 Å². The number of aliphatic carboxylic acids is 1. The summed E-state index contributed by atoms with van der Waals surface area (Å²) >= 11 is 0. The van der Waals surface area contributed by atoms with Crippen LogP contribution in [0.4, 0.5) is 4.39 Å². The predicted octanol–water partition coefficient (Wildman–Crippen LogP) is 4.60. The molecule has 29 heavy (non-hydrogen) atoms. The standard InChI is InChI=1S/C18H17FN2O.C5H8O2/c1-21-12-20-17(13-3-7-15(19)8-4-13)11-18(21)14-5-9-16(22-2)10-6-14;1-3-4(2)5(6)7/h3-11H,12H2,1-2H3;2-3H2,1H3,(H,6,7). The molecule has 0 spiro atoms. The summed E-state index contributed by atoms with van der Waals surface area (Å²) in [4.78, 5) is 16.4. The van der Waals surface area contributed by atoms with Crippen LogP contribution in [-0.4, -0.2) is 42.5 Å². The van der Waals surface area contributed by atoms with Gasteiger partial charge in [-0.05, 0) is 66.6 Å². The number of benzene rings is 2. The van der Waals surface area contributed by atoms with E-state index in [1.165, 1.54) is 12.1 Å². The second kappa shape index (κ2) is 10.2. The number of hydrogen-bond acceptors (Lipinski definition) is 4. The quantitative estimate of drug-likeness (QED) is 0.750. The molecule has 3 rings (SSSR count). The number of methoxy groups -OCH3 is 1. The Kier molecular flexibility index (Phi) is 7.71. The molecule has 0 saturated carbocycles. The van der Waals surface area contributed by atoms with Crippen molar-refractivity contribution in [1.82, 2.24) is 4.90 Å². The topological polar surface area (TPSA) is 62.1 Å². The van der Waals surface area contributed by atoms with E-state index in [4.69, 9.17) is 9.84 Å². The number of ether oxygens (including phenoxy) is 1. The molecule has 1 aliphatic rings. The van der Waals surface area contributed by atoms with Crippen LogP contribution in [0.1, 0.15) is 24.5 Å². The molecular formula is C23H25FN2O3. The van der Waals surface area contributed by atoms with Gasteiger partial charge in [0.25, 0.3) is 0 Å². The molecule has 1 aliphatic heterocycles. The minimum absolute atomic E-state index is 0.239. The first kappa shape index (κ1) is 21.9. The Bertz CT molecular complexity index is 916. The second-order valence-electron chi connectivity index (χ2n) is 6.41. The number of allylic oxidation sites excluding steroid dienone is 1. The SMILES string of the molecule is C=C(CC)C(=O)O.COc1ccc(C2=CC(c3ccc(F)cc3)=NCN2C)cc1. The zero-order valence-electron chi connectivity index (χ0n) is 16.9. The summed E-state index contributed by atoms with van der Waals surface area (Å²) in [5.74, 6) is -0.311. The van der Waals surface area contributed by atoms with E-state index in [1.807, 2.05) is 37.4 Å². The third-order valence-corrected chi connectivity index (χ3v) is 4.39. The van der Waals surface area contributed by atoms with Crippen LogP contribution in [0, 0.1) is 5.82 Å². The maximum absolute atomic E-state index is 13.1. The van der Waals surface area contributed by atoms with Gasteiger partial charge in [0, 0.05) is 23.9 Å². The van der Waals surface area contributed by atoms with Crippen molar-refractivity contribution < 1.29 is 19.0 Å². The number of carboxylic acid groups (broad SMARTS) is 1. The van der Waals surface area contributed by atoms with Crippen LogP contribution >= 0.6 is 0 Å². The Labute approximate surface area is 170 Å². The van der Waals surface area contributed by atoms with Crippen LogP contribution in [0.2, 0.25) is 0 Å². The summed E-state index contributed by atoms with van der Waals surface area (Å²) in [5, 5.41) is 8.08. The molecule has 0 amide bonds. The fraction of sp³-hybridized carbons (Fsp3) is 0.217. The summed E-state index contributed by atoms with van der Waals surface area (Å²) in [6.45, 7) is 5.61. The van der Waals surface area contributed by atoms with E-state index in [0.717, 1.165) is 28.3 Å². The molecule has 2 aromatic carbocycles. The van der Waals surface area contributed by atoms with Gasteiger partial charge in [-0.15, -0.1) is 0 Å². The Hall–Kier alpha value is -3.41. The predicted molar refractivity (Wildman–Crippen MR) is 114 cm³/mol. The maximum Gasteiger partial charge on any atom is 0.330 e. The lowest BCUT2D eigenvalue weighted by atomic mass is 10.0. The normalized spacial score (nSPS) is 12.9. The number of hydrogen-bond donors (Lipinski definition) is 1. The fourth-order valence-corrected chi connectivity index (χ4v) is 2.56. The van der Waals surface area contributed by atoms with Crippen molar-refractivity contribution in [1.29, 1.82) is 0 Å². The maximum atomic E-state index is 13.1. The molecule has 0 aromatic heterocycles. The van der Waals surface area contributed by atoms with Gasteiger partial charge in [-0.1, -0.05) is 13.5 Å². The average Bonchev–Trinajstić information content (AvgIpc) is 2.74. The third kappa shape index (κ3) is 6.04. The summed E-state index contributed by atoms with van der Waals surface area (Å²) < 4.78 is 18.2. The Balaban J connectivity index is 0.000000370. The van der Waals surface area contributed by atoms with Crippen LogP contribution in [0.15, 0.2) is 71.8 Å². The van der Waals surface area contributed by atoms with Crippen molar-refractivity contribution in [3.63, 3.8) is 0 Å². The minimum atomic E-state index is -0.900. The molecule has 0 fully saturated rings. The first-order valence-electron chi connectivity index (χ1n) is 9.14. The van der Waals surface area contributed by atoms with Gasteiger partial charge in [-0.2, -0.15) is 0 Å². The van der Waals surface area contributed by atoms with Crippen molar-refractivity contribution >= 4 is 17.4 Å². The van der Waals surface area contributed by atoms with Crippen molar-refractivity contribution in [2.24, 2.45) is 4.99 Å². The van der Waals surface area contributed by atoms with E-state index in [-0.39, 0.29) is 11.4 Å². The molecule has 1 N–H and O–H groups in total. The zero-order valence-corrected chi connectivity index (χ0v) is 16.9. The smallest absolute Gasteiger partial charge is 0.330 e. The molecule has 6 heteroatoms. The van der Waals surface area contributed by atoms with Crippen LogP contribution in [0.5, 0.6) is 5.75 Å². The zero-order chi connectivity index (χ0) is 21.4. The van der Waals surface area contributed by atoms with Gasteiger partial charge >= 0.3 is 5.97 Å². The van der Waals surface area contributed by atoms with E-state index >= 15 is 0 Å². The van der Waals surface area contributed by atoms with Gasteiger partial charge in [0.1, 0.15) is 18.2 Å². The molecule has 5 nitrogen and oxygen atoms in total. The highest BCUT2D eigenvalue weighted by molar-refractivity contribution is 6.12. The molecule has 0 bridgehead atoms. The Morgan fingerprint density at radius 2 is 1.76 bits per heavy atom. The molecule has 0 radical (unpaired) electrons. The van der Waals surface area contributed by atoms with Crippen molar-refractivity contribution in [3.05, 3.63) is 83.7 Å². The first-order valence-corrected chi connectivity index (χ1v) is 9.14.